The quantitative estimate of drug-likeness (QED) is 0.732. The van der Waals surface area contributed by atoms with Gasteiger partial charge in [0, 0.05) is 17.4 Å². The predicted molar refractivity (Wildman–Crippen MR) is 116 cm³/mol. The van der Waals surface area contributed by atoms with Gasteiger partial charge in [0.15, 0.2) is 5.78 Å². The second kappa shape index (κ2) is 5.57. The van der Waals surface area contributed by atoms with Crippen molar-refractivity contribution in [2.45, 2.75) is 85.3 Å². The molecule has 0 heterocycles. The SMILES string of the molecule is C[C@@H]([C@H]1[C@H](O)C[C@@]2(C)C3CCC4C(C)(C)C(=O)C=CC45CC35CC[C@]12C)N(C)C. The van der Waals surface area contributed by atoms with E-state index < -0.39 is 0 Å². The Morgan fingerprint density at radius 1 is 1.07 bits per heavy atom. The maximum atomic E-state index is 12.7. The van der Waals surface area contributed by atoms with E-state index in [0.29, 0.717) is 35.0 Å². The number of hydrogen-bond donors (Lipinski definition) is 1. The van der Waals surface area contributed by atoms with Crippen molar-refractivity contribution in [3.8, 4) is 0 Å². The molecule has 0 radical (unpaired) electrons. The zero-order chi connectivity index (χ0) is 21.2. The lowest BCUT2D eigenvalue weighted by atomic mass is 9.42. The van der Waals surface area contributed by atoms with Crippen molar-refractivity contribution in [1.82, 2.24) is 4.90 Å². The van der Waals surface area contributed by atoms with Crippen LogP contribution in [0.15, 0.2) is 12.2 Å². The van der Waals surface area contributed by atoms with Crippen LogP contribution in [0.2, 0.25) is 0 Å². The van der Waals surface area contributed by atoms with Gasteiger partial charge in [-0.2, -0.15) is 0 Å². The van der Waals surface area contributed by atoms with Gasteiger partial charge in [0.05, 0.1) is 6.10 Å². The van der Waals surface area contributed by atoms with Crippen LogP contribution < -0.4 is 0 Å². The first-order valence-corrected chi connectivity index (χ1v) is 12.0. The topological polar surface area (TPSA) is 40.5 Å². The molecule has 3 nitrogen and oxygen atoms in total. The van der Waals surface area contributed by atoms with Gasteiger partial charge in [-0.1, -0.05) is 33.8 Å². The van der Waals surface area contributed by atoms with Gasteiger partial charge in [0.2, 0.25) is 0 Å². The lowest BCUT2D eigenvalue weighted by Gasteiger charge is -2.62. The maximum absolute atomic E-state index is 12.7. The van der Waals surface area contributed by atoms with E-state index in [1.807, 2.05) is 6.08 Å². The van der Waals surface area contributed by atoms with Gasteiger partial charge in [-0.3, -0.25) is 4.79 Å². The molecule has 4 fully saturated rings. The van der Waals surface area contributed by atoms with Gasteiger partial charge in [0.1, 0.15) is 0 Å². The molecule has 1 N–H and O–H groups in total. The van der Waals surface area contributed by atoms with Crippen molar-refractivity contribution < 1.29 is 9.90 Å². The van der Waals surface area contributed by atoms with E-state index in [0.717, 1.165) is 6.42 Å². The normalized spacial score (nSPS) is 55.7. The molecule has 0 aromatic rings. The number of aliphatic hydroxyl groups excluding tert-OH is 1. The van der Waals surface area contributed by atoms with Crippen LogP contribution in [0.3, 0.4) is 0 Å². The lowest BCUT2D eigenvalue weighted by molar-refractivity contribution is -0.142. The molecule has 3 heteroatoms. The minimum absolute atomic E-state index is 0.187. The Hall–Kier alpha value is -0.670. The smallest absolute Gasteiger partial charge is 0.161 e. The fraction of sp³-hybridized carbons (Fsp3) is 0.885. The summed E-state index contributed by atoms with van der Waals surface area (Å²) in [5.41, 5.74) is 0.768. The lowest BCUT2D eigenvalue weighted by Crippen LogP contribution is -2.57. The second-order valence-electron chi connectivity index (χ2n) is 12.8. The molecular weight excluding hydrogens is 358 g/mol. The van der Waals surface area contributed by atoms with Gasteiger partial charge in [-0.05, 0) is 99.1 Å². The third-order valence-electron chi connectivity index (χ3n) is 11.8. The highest BCUT2D eigenvalue weighted by atomic mass is 16.3. The van der Waals surface area contributed by atoms with E-state index in [1.165, 1.54) is 32.1 Å². The minimum Gasteiger partial charge on any atom is -0.393 e. The first-order valence-electron chi connectivity index (χ1n) is 12.0. The highest BCUT2D eigenvalue weighted by molar-refractivity contribution is 5.96. The molecule has 5 aliphatic carbocycles. The van der Waals surface area contributed by atoms with Crippen molar-refractivity contribution >= 4 is 5.78 Å². The third-order valence-corrected chi connectivity index (χ3v) is 11.8. The number of hydrogen-bond acceptors (Lipinski definition) is 3. The highest BCUT2D eigenvalue weighted by Crippen LogP contribution is 2.87. The summed E-state index contributed by atoms with van der Waals surface area (Å²) in [5, 5.41) is 11.3. The zero-order valence-electron chi connectivity index (χ0n) is 19.6. The number of rotatable bonds is 2. The van der Waals surface area contributed by atoms with Crippen LogP contribution in [0.4, 0.5) is 0 Å². The highest BCUT2D eigenvalue weighted by Gasteiger charge is 2.82. The number of aliphatic hydroxyl groups is 1. The fourth-order valence-electron chi connectivity index (χ4n) is 9.89. The Morgan fingerprint density at radius 2 is 1.72 bits per heavy atom. The molecule has 5 rings (SSSR count). The van der Waals surface area contributed by atoms with E-state index in [2.05, 4.69) is 59.7 Å². The molecular formula is C26H41NO2. The number of fused-ring (bicyclic) bond motifs is 2. The summed E-state index contributed by atoms with van der Waals surface area (Å²) >= 11 is 0. The Kier molecular flexibility index (Phi) is 3.89. The third kappa shape index (κ3) is 2.06. The molecule has 162 valence electrons. The Balaban J connectivity index is 1.56. The van der Waals surface area contributed by atoms with Gasteiger partial charge in [-0.15, -0.1) is 0 Å². The zero-order valence-corrected chi connectivity index (χ0v) is 19.6. The summed E-state index contributed by atoms with van der Waals surface area (Å²) in [6, 6.07) is 0.390. The van der Waals surface area contributed by atoms with E-state index in [4.69, 9.17) is 0 Å². The maximum Gasteiger partial charge on any atom is 0.161 e. The molecule has 4 unspecified atom stereocenters. The molecule has 9 atom stereocenters. The molecule has 0 aliphatic heterocycles. The van der Waals surface area contributed by atoms with E-state index in [1.54, 1.807) is 0 Å². The summed E-state index contributed by atoms with van der Waals surface area (Å²) in [6.07, 6.45) is 11.2. The minimum atomic E-state index is -0.220. The summed E-state index contributed by atoms with van der Waals surface area (Å²) in [5.74, 6) is 1.84. The summed E-state index contributed by atoms with van der Waals surface area (Å²) in [6.45, 7) is 11.7. The van der Waals surface area contributed by atoms with Crippen LogP contribution in [0.1, 0.15) is 73.1 Å². The summed E-state index contributed by atoms with van der Waals surface area (Å²) in [7, 11) is 4.32. The Labute approximate surface area is 177 Å². The monoisotopic (exact) mass is 399 g/mol. The van der Waals surface area contributed by atoms with E-state index >= 15 is 0 Å². The number of carbonyl (C=O) groups is 1. The van der Waals surface area contributed by atoms with Crippen LogP contribution in [0, 0.1) is 44.8 Å². The molecule has 29 heavy (non-hydrogen) atoms. The van der Waals surface area contributed by atoms with E-state index in [9.17, 15) is 9.90 Å². The molecule has 0 aromatic heterocycles. The van der Waals surface area contributed by atoms with Gasteiger partial charge in [-0.25, -0.2) is 0 Å². The van der Waals surface area contributed by atoms with Crippen molar-refractivity contribution in [2.75, 3.05) is 14.1 Å². The van der Waals surface area contributed by atoms with E-state index in [-0.39, 0.29) is 27.8 Å². The average molecular weight is 400 g/mol. The second-order valence-corrected chi connectivity index (χ2v) is 12.8. The molecule has 5 aliphatic rings. The number of ketones is 1. The van der Waals surface area contributed by atoms with Crippen LogP contribution in [0.5, 0.6) is 0 Å². The number of allylic oxidation sites excluding steroid dienone is 2. The van der Waals surface area contributed by atoms with Gasteiger partial charge >= 0.3 is 0 Å². The van der Waals surface area contributed by atoms with Crippen LogP contribution >= 0.6 is 0 Å². The molecule has 0 aromatic carbocycles. The van der Waals surface area contributed by atoms with Gasteiger partial charge in [0.25, 0.3) is 0 Å². The van der Waals surface area contributed by atoms with Crippen LogP contribution in [0.25, 0.3) is 0 Å². The first-order chi connectivity index (χ1) is 13.4. The Morgan fingerprint density at radius 3 is 2.38 bits per heavy atom. The van der Waals surface area contributed by atoms with Crippen LogP contribution in [-0.2, 0) is 4.79 Å². The standard InChI is InChI=1S/C26H41NO2/c1-16(27(6)7)21-17(28)14-24(5)19-9-8-18-22(2,3)20(29)10-11-25(18)15-26(19,25)13-12-23(21,24)4/h10-11,16-19,21,28H,8-9,12-15H2,1-7H3/t16-,17+,18?,19?,21-,23+,24-,25?,26?/m0/s1. The molecule has 2 spiro atoms. The summed E-state index contributed by atoms with van der Waals surface area (Å²) in [4.78, 5) is 15.0. The Bertz CT molecular complexity index is 786. The molecule has 4 saturated carbocycles. The van der Waals surface area contributed by atoms with Crippen molar-refractivity contribution in [2.24, 2.45) is 44.8 Å². The molecule has 0 saturated heterocycles. The summed E-state index contributed by atoms with van der Waals surface area (Å²) < 4.78 is 0. The predicted octanol–water partition coefficient (Wildman–Crippen LogP) is 4.69. The number of carbonyl (C=O) groups excluding carboxylic acids is 1. The van der Waals surface area contributed by atoms with Gasteiger partial charge < -0.3 is 10.0 Å². The molecule has 0 bridgehead atoms. The molecule has 0 amide bonds. The van der Waals surface area contributed by atoms with Crippen molar-refractivity contribution in [3.63, 3.8) is 0 Å². The van der Waals surface area contributed by atoms with Crippen molar-refractivity contribution in [3.05, 3.63) is 12.2 Å². The van der Waals surface area contributed by atoms with Crippen LogP contribution in [-0.4, -0.2) is 42.0 Å². The average Bonchev–Trinajstić information content (AvgIpc) is 3.24. The largest absolute Gasteiger partial charge is 0.393 e. The number of nitrogens with zero attached hydrogens (tertiary/aromatic N) is 1. The first kappa shape index (κ1) is 20.2. The fourth-order valence-corrected chi connectivity index (χ4v) is 9.89. The van der Waals surface area contributed by atoms with Crippen molar-refractivity contribution in [1.29, 1.82) is 0 Å².